The molecule has 1 saturated carbocycles. The SMILES string of the molecule is Cc1c(C(=O)N(CC(=O)O)C2CC2)nnn1-c1ccccc1. The Hall–Kier alpha value is -2.70. The first kappa shape index (κ1) is 14.2. The molecule has 3 rings (SSSR count). The predicted molar refractivity (Wildman–Crippen MR) is 77.8 cm³/mol. The van der Waals surface area contributed by atoms with Crippen LogP contribution in [0.5, 0.6) is 0 Å². The summed E-state index contributed by atoms with van der Waals surface area (Å²) in [5.41, 5.74) is 1.62. The Morgan fingerprint density at radius 1 is 1.32 bits per heavy atom. The molecule has 1 aromatic heterocycles. The Bertz CT molecular complexity index is 707. The van der Waals surface area contributed by atoms with E-state index >= 15 is 0 Å². The van der Waals surface area contributed by atoms with Gasteiger partial charge in [-0.2, -0.15) is 0 Å². The minimum Gasteiger partial charge on any atom is -0.480 e. The number of hydrogen-bond acceptors (Lipinski definition) is 4. The fraction of sp³-hybridized carbons (Fsp3) is 0.333. The summed E-state index contributed by atoms with van der Waals surface area (Å²) in [6.07, 6.45) is 1.68. The molecule has 1 aliphatic rings. The van der Waals surface area contributed by atoms with Crippen molar-refractivity contribution in [2.24, 2.45) is 0 Å². The third-order valence-corrected chi connectivity index (χ3v) is 3.65. The molecule has 0 aliphatic heterocycles. The first-order valence-corrected chi connectivity index (χ1v) is 7.08. The van der Waals surface area contributed by atoms with Crippen LogP contribution in [-0.4, -0.2) is 49.5 Å². The highest BCUT2D eigenvalue weighted by molar-refractivity contribution is 5.95. The minimum absolute atomic E-state index is 0.00451. The second-order valence-corrected chi connectivity index (χ2v) is 5.33. The van der Waals surface area contributed by atoms with E-state index in [2.05, 4.69) is 10.3 Å². The van der Waals surface area contributed by atoms with Gasteiger partial charge in [0, 0.05) is 6.04 Å². The Morgan fingerprint density at radius 2 is 2.00 bits per heavy atom. The molecule has 2 aromatic rings. The maximum Gasteiger partial charge on any atom is 0.323 e. The van der Waals surface area contributed by atoms with Crippen molar-refractivity contribution >= 4 is 11.9 Å². The van der Waals surface area contributed by atoms with E-state index in [9.17, 15) is 9.59 Å². The van der Waals surface area contributed by atoms with Gasteiger partial charge in [-0.25, -0.2) is 4.68 Å². The van der Waals surface area contributed by atoms with Crippen LogP contribution in [0, 0.1) is 6.92 Å². The summed E-state index contributed by atoms with van der Waals surface area (Å²) < 4.78 is 1.58. The number of carboxylic acid groups (broad SMARTS) is 1. The fourth-order valence-electron chi connectivity index (χ4n) is 2.38. The summed E-state index contributed by atoms with van der Waals surface area (Å²) in [6.45, 7) is 1.45. The zero-order valence-electron chi connectivity index (χ0n) is 12.1. The highest BCUT2D eigenvalue weighted by Gasteiger charge is 2.36. The Labute approximate surface area is 127 Å². The molecule has 1 aromatic carbocycles. The summed E-state index contributed by atoms with van der Waals surface area (Å²) in [4.78, 5) is 24.9. The standard InChI is InChI=1S/C15H16N4O3/c1-10-14(15(22)18(9-13(20)21)11-7-8-11)16-17-19(10)12-5-3-2-4-6-12/h2-6,11H,7-9H2,1H3,(H,20,21). The van der Waals surface area contributed by atoms with Crippen LogP contribution in [0.4, 0.5) is 0 Å². The topological polar surface area (TPSA) is 88.3 Å². The zero-order valence-corrected chi connectivity index (χ0v) is 12.1. The van der Waals surface area contributed by atoms with Gasteiger partial charge in [0.05, 0.1) is 11.4 Å². The van der Waals surface area contributed by atoms with E-state index in [1.807, 2.05) is 30.3 Å². The molecule has 0 atom stereocenters. The van der Waals surface area contributed by atoms with E-state index in [0.717, 1.165) is 18.5 Å². The average molecular weight is 300 g/mol. The van der Waals surface area contributed by atoms with Gasteiger partial charge in [0.15, 0.2) is 5.69 Å². The Balaban J connectivity index is 1.90. The van der Waals surface area contributed by atoms with Crippen molar-refractivity contribution in [3.05, 3.63) is 41.7 Å². The number of amides is 1. The lowest BCUT2D eigenvalue weighted by atomic mass is 10.2. The summed E-state index contributed by atoms with van der Waals surface area (Å²) in [5.74, 6) is -1.39. The molecule has 0 unspecified atom stereocenters. The number of benzene rings is 1. The summed E-state index contributed by atoms with van der Waals surface area (Å²) in [7, 11) is 0. The van der Waals surface area contributed by atoms with Gasteiger partial charge in [0.2, 0.25) is 0 Å². The normalized spacial score (nSPS) is 13.9. The van der Waals surface area contributed by atoms with Gasteiger partial charge >= 0.3 is 5.97 Å². The maximum atomic E-state index is 12.6. The predicted octanol–water partition coefficient (Wildman–Crippen LogP) is 1.26. The molecule has 0 saturated heterocycles. The Morgan fingerprint density at radius 3 is 2.59 bits per heavy atom. The molecule has 1 amide bonds. The second-order valence-electron chi connectivity index (χ2n) is 5.33. The molecule has 0 bridgehead atoms. The highest BCUT2D eigenvalue weighted by atomic mass is 16.4. The van der Waals surface area contributed by atoms with Crippen molar-refractivity contribution in [3.63, 3.8) is 0 Å². The maximum absolute atomic E-state index is 12.6. The zero-order chi connectivity index (χ0) is 15.7. The molecule has 22 heavy (non-hydrogen) atoms. The third kappa shape index (κ3) is 2.69. The lowest BCUT2D eigenvalue weighted by Crippen LogP contribution is -2.38. The number of para-hydroxylation sites is 1. The van der Waals surface area contributed by atoms with Crippen LogP contribution < -0.4 is 0 Å². The molecule has 7 nitrogen and oxygen atoms in total. The minimum atomic E-state index is -1.02. The van der Waals surface area contributed by atoms with Gasteiger partial charge in [0.25, 0.3) is 5.91 Å². The van der Waals surface area contributed by atoms with Crippen LogP contribution >= 0.6 is 0 Å². The number of carbonyl (C=O) groups is 2. The first-order valence-electron chi connectivity index (χ1n) is 7.08. The first-order chi connectivity index (χ1) is 10.6. The average Bonchev–Trinajstić information content (AvgIpc) is 3.27. The smallest absolute Gasteiger partial charge is 0.323 e. The number of rotatable bonds is 5. The van der Waals surface area contributed by atoms with Crippen molar-refractivity contribution in [3.8, 4) is 5.69 Å². The van der Waals surface area contributed by atoms with Crippen molar-refractivity contribution in [2.75, 3.05) is 6.54 Å². The summed E-state index contributed by atoms with van der Waals surface area (Å²) >= 11 is 0. The van der Waals surface area contributed by atoms with Crippen molar-refractivity contribution in [1.29, 1.82) is 0 Å². The van der Waals surface area contributed by atoms with E-state index in [0.29, 0.717) is 5.69 Å². The fourth-order valence-corrected chi connectivity index (χ4v) is 2.38. The number of aliphatic carboxylic acids is 1. The van der Waals surface area contributed by atoms with Crippen LogP contribution in [0.3, 0.4) is 0 Å². The molecular weight excluding hydrogens is 284 g/mol. The summed E-state index contributed by atoms with van der Waals surface area (Å²) in [6, 6.07) is 9.38. The number of carbonyl (C=O) groups excluding carboxylic acids is 1. The molecule has 114 valence electrons. The second kappa shape index (κ2) is 5.59. The van der Waals surface area contributed by atoms with Gasteiger partial charge in [-0.1, -0.05) is 23.4 Å². The van der Waals surface area contributed by atoms with Gasteiger partial charge in [-0.15, -0.1) is 5.10 Å². The molecule has 1 aliphatic carbocycles. The molecule has 1 heterocycles. The van der Waals surface area contributed by atoms with Crippen molar-refractivity contribution < 1.29 is 14.7 Å². The summed E-state index contributed by atoms with van der Waals surface area (Å²) in [5, 5.41) is 17.0. The highest BCUT2D eigenvalue weighted by Crippen LogP contribution is 2.28. The monoisotopic (exact) mass is 300 g/mol. The van der Waals surface area contributed by atoms with Gasteiger partial charge in [-0.05, 0) is 31.9 Å². The van der Waals surface area contributed by atoms with E-state index in [1.165, 1.54) is 4.90 Å². The van der Waals surface area contributed by atoms with Gasteiger partial charge in [0.1, 0.15) is 6.54 Å². The van der Waals surface area contributed by atoms with Crippen molar-refractivity contribution in [1.82, 2.24) is 19.9 Å². The molecule has 7 heteroatoms. The number of aromatic nitrogens is 3. The molecule has 1 N–H and O–H groups in total. The number of carboxylic acids is 1. The van der Waals surface area contributed by atoms with Crippen LogP contribution in [0.25, 0.3) is 5.69 Å². The lowest BCUT2D eigenvalue weighted by molar-refractivity contribution is -0.137. The largest absolute Gasteiger partial charge is 0.480 e. The van der Waals surface area contributed by atoms with E-state index in [4.69, 9.17) is 5.11 Å². The van der Waals surface area contributed by atoms with Crippen LogP contribution in [-0.2, 0) is 4.79 Å². The number of nitrogens with zero attached hydrogens (tertiary/aromatic N) is 4. The van der Waals surface area contributed by atoms with E-state index < -0.39 is 5.97 Å². The Kier molecular flexibility index (Phi) is 3.62. The van der Waals surface area contributed by atoms with Gasteiger partial charge < -0.3 is 10.0 Å². The molecular formula is C15H16N4O3. The molecule has 0 radical (unpaired) electrons. The van der Waals surface area contributed by atoms with Crippen molar-refractivity contribution in [2.45, 2.75) is 25.8 Å². The molecule has 0 spiro atoms. The van der Waals surface area contributed by atoms with Gasteiger partial charge in [-0.3, -0.25) is 9.59 Å². The quantitative estimate of drug-likeness (QED) is 0.898. The van der Waals surface area contributed by atoms with Crippen LogP contribution in [0.15, 0.2) is 30.3 Å². The molecule has 1 fully saturated rings. The van der Waals surface area contributed by atoms with Crippen LogP contribution in [0.1, 0.15) is 29.0 Å². The number of hydrogen-bond donors (Lipinski definition) is 1. The van der Waals surface area contributed by atoms with E-state index in [1.54, 1.807) is 11.6 Å². The van der Waals surface area contributed by atoms with Crippen LogP contribution in [0.2, 0.25) is 0 Å². The lowest BCUT2D eigenvalue weighted by Gasteiger charge is -2.19. The van der Waals surface area contributed by atoms with E-state index in [-0.39, 0.29) is 24.2 Å². The third-order valence-electron chi connectivity index (χ3n) is 3.65.